The first-order chi connectivity index (χ1) is 11.7. The molecule has 0 radical (unpaired) electrons. The number of aromatic nitrogens is 1. The average molecular weight is 339 g/mol. The van der Waals surface area contributed by atoms with Gasteiger partial charge in [-0.15, -0.1) is 0 Å². The van der Waals surface area contributed by atoms with Crippen molar-refractivity contribution >= 4 is 11.5 Å². The van der Waals surface area contributed by atoms with Gasteiger partial charge in [-0.25, -0.2) is 0 Å². The number of benzene rings is 2. The molecule has 0 spiro atoms. The molecular formula is C20H21NO2S. The van der Waals surface area contributed by atoms with Gasteiger partial charge in [0.25, 0.3) is 0 Å². The van der Waals surface area contributed by atoms with Crippen molar-refractivity contribution in [2.45, 2.75) is 20.3 Å². The molecule has 1 aromatic heterocycles. The second-order valence-corrected chi connectivity index (χ2v) is 6.45. The fourth-order valence-electron chi connectivity index (χ4n) is 2.86. The molecule has 0 aliphatic carbocycles. The third kappa shape index (κ3) is 3.02. The standard InChI is InChI=1S/C20H21NO2S/c1-5-14-6-8-15(9-7-14)17-12-21-24-20(17)16-10-13(2)19(23-4)18(11-16)22-3/h6-12H,5H2,1-4H3. The topological polar surface area (TPSA) is 31.4 Å². The summed E-state index contributed by atoms with van der Waals surface area (Å²) in [5, 5.41) is 0. The summed E-state index contributed by atoms with van der Waals surface area (Å²) in [5.74, 6) is 1.52. The summed E-state index contributed by atoms with van der Waals surface area (Å²) in [7, 11) is 3.33. The zero-order chi connectivity index (χ0) is 17.1. The molecule has 0 fully saturated rings. The lowest BCUT2D eigenvalue weighted by Crippen LogP contribution is -1.94. The van der Waals surface area contributed by atoms with Crippen molar-refractivity contribution in [3.63, 3.8) is 0 Å². The molecular weight excluding hydrogens is 318 g/mol. The van der Waals surface area contributed by atoms with Crippen molar-refractivity contribution in [3.05, 3.63) is 53.7 Å². The third-order valence-electron chi connectivity index (χ3n) is 4.17. The van der Waals surface area contributed by atoms with Crippen LogP contribution in [0.4, 0.5) is 0 Å². The van der Waals surface area contributed by atoms with E-state index >= 15 is 0 Å². The van der Waals surface area contributed by atoms with Gasteiger partial charge in [-0.1, -0.05) is 31.2 Å². The van der Waals surface area contributed by atoms with Crippen LogP contribution in [0.5, 0.6) is 11.5 Å². The predicted molar refractivity (Wildman–Crippen MR) is 100 cm³/mol. The molecule has 3 aromatic rings. The first-order valence-electron chi connectivity index (χ1n) is 7.95. The van der Waals surface area contributed by atoms with E-state index in [1.54, 1.807) is 14.2 Å². The van der Waals surface area contributed by atoms with Crippen LogP contribution in [0.3, 0.4) is 0 Å². The maximum Gasteiger partial charge on any atom is 0.163 e. The number of nitrogens with zero attached hydrogens (tertiary/aromatic N) is 1. The van der Waals surface area contributed by atoms with Crippen molar-refractivity contribution in [1.29, 1.82) is 0 Å². The van der Waals surface area contributed by atoms with Crippen molar-refractivity contribution < 1.29 is 9.47 Å². The van der Waals surface area contributed by atoms with E-state index in [1.165, 1.54) is 22.7 Å². The van der Waals surface area contributed by atoms with E-state index in [1.807, 2.05) is 19.2 Å². The first-order valence-corrected chi connectivity index (χ1v) is 8.72. The minimum Gasteiger partial charge on any atom is -0.493 e. The molecule has 3 nitrogen and oxygen atoms in total. The summed E-state index contributed by atoms with van der Waals surface area (Å²) in [6, 6.07) is 12.8. The van der Waals surface area contributed by atoms with E-state index in [2.05, 4.69) is 41.6 Å². The Balaban J connectivity index is 2.08. The van der Waals surface area contributed by atoms with E-state index in [0.717, 1.165) is 39.5 Å². The van der Waals surface area contributed by atoms with E-state index in [9.17, 15) is 0 Å². The highest BCUT2D eigenvalue weighted by Crippen LogP contribution is 2.41. The van der Waals surface area contributed by atoms with Gasteiger partial charge < -0.3 is 9.47 Å². The van der Waals surface area contributed by atoms with Gasteiger partial charge in [-0.3, -0.25) is 0 Å². The van der Waals surface area contributed by atoms with Crippen molar-refractivity contribution in [2.75, 3.05) is 14.2 Å². The molecule has 0 atom stereocenters. The smallest absolute Gasteiger partial charge is 0.163 e. The van der Waals surface area contributed by atoms with Gasteiger partial charge in [0.1, 0.15) is 0 Å². The molecule has 0 unspecified atom stereocenters. The van der Waals surface area contributed by atoms with Crippen molar-refractivity contribution in [2.24, 2.45) is 0 Å². The molecule has 2 aromatic carbocycles. The van der Waals surface area contributed by atoms with Crippen LogP contribution in [0.25, 0.3) is 21.6 Å². The number of hydrogen-bond donors (Lipinski definition) is 0. The largest absolute Gasteiger partial charge is 0.493 e. The molecule has 0 amide bonds. The number of ether oxygens (including phenoxy) is 2. The quantitative estimate of drug-likeness (QED) is 0.626. The van der Waals surface area contributed by atoms with E-state index < -0.39 is 0 Å². The van der Waals surface area contributed by atoms with Crippen LogP contribution in [0, 0.1) is 6.92 Å². The Morgan fingerprint density at radius 3 is 2.38 bits per heavy atom. The minimum atomic E-state index is 0.744. The van der Waals surface area contributed by atoms with Crippen LogP contribution in [0.15, 0.2) is 42.6 Å². The monoisotopic (exact) mass is 339 g/mol. The first kappa shape index (κ1) is 16.5. The predicted octanol–water partition coefficient (Wildman–Crippen LogP) is 5.37. The SMILES string of the molecule is CCc1ccc(-c2cnsc2-c2cc(C)c(OC)c(OC)c2)cc1. The summed E-state index contributed by atoms with van der Waals surface area (Å²) in [5.41, 5.74) is 5.82. The Morgan fingerprint density at radius 2 is 1.75 bits per heavy atom. The average Bonchev–Trinajstić information content (AvgIpc) is 3.10. The van der Waals surface area contributed by atoms with Crippen LogP contribution in [0.2, 0.25) is 0 Å². The molecule has 0 aliphatic heterocycles. The van der Waals surface area contributed by atoms with Crippen LogP contribution in [-0.4, -0.2) is 18.6 Å². The summed E-state index contributed by atoms with van der Waals surface area (Å²) >= 11 is 1.50. The summed E-state index contributed by atoms with van der Waals surface area (Å²) < 4.78 is 15.3. The fourth-order valence-corrected chi connectivity index (χ4v) is 3.61. The number of aryl methyl sites for hydroxylation is 2. The highest BCUT2D eigenvalue weighted by atomic mass is 32.1. The van der Waals surface area contributed by atoms with Crippen LogP contribution in [0.1, 0.15) is 18.1 Å². The van der Waals surface area contributed by atoms with E-state index in [-0.39, 0.29) is 0 Å². The molecule has 0 N–H and O–H groups in total. The van der Waals surface area contributed by atoms with Gasteiger partial charge in [0.2, 0.25) is 0 Å². The number of hydrogen-bond acceptors (Lipinski definition) is 4. The van der Waals surface area contributed by atoms with Crippen LogP contribution in [-0.2, 0) is 6.42 Å². The maximum absolute atomic E-state index is 5.49. The molecule has 24 heavy (non-hydrogen) atoms. The van der Waals surface area contributed by atoms with Crippen molar-refractivity contribution in [3.8, 4) is 33.1 Å². The molecule has 1 heterocycles. The highest BCUT2D eigenvalue weighted by Gasteiger charge is 2.15. The molecule has 3 rings (SSSR count). The van der Waals surface area contributed by atoms with Gasteiger partial charge in [0.15, 0.2) is 11.5 Å². The molecule has 0 saturated carbocycles. The molecule has 4 heteroatoms. The summed E-state index contributed by atoms with van der Waals surface area (Å²) in [4.78, 5) is 1.14. The normalized spacial score (nSPS) is 10.7. The van der Waals surface area contributed by atoms with E-state index in [4.69, 9.17) is 9.47 Å². The number of methoxy groups -OCH3 is 2. The lowest BCUT2D eigenvalue weighted by Gasteiger charge is -2.13. The van der Waals surface area contributed by atoms with Gasteiger partial charge in [-0.2, -0.15) is 4.37 Å². The third-order valence-corrected chi connectivity index (χ3v) is 5.02. The van der Waals surface area contributed by atoms with Crippen LogP contribution < -0.4 is 9.47 Å². The molecule has 0 saturated heterocycles. The second kappa shape index (κ2) is 7.05. The maximum atomic E-state index is 5.49. The van der Waals surface area contributed by atoms with E-state index in [0.29, 0.717) is 0 Å². The van der Waals surface area contributed by atoms with Crippen LogP contribution >= 0.6 is 11.5 Å². The minimum absolute atomic E-state index is 0.744. The Bertz CT molecular complexity index is 837. The Morgan fingerprint density at radius 1 is 1.00 bits per heavy atom. The second-order valence-electron chi connectivity index (χ2n) is 5.65. The van der Waals surface area contributed by atoms with Gasteiger partial charge in [-0.05, 0) is 59.3 Å². The molecule has 124 valence electrons. The van der Waals surface area contributed by atoms with Gasteiger partial charge >= 0.3 is 0 Å². The lowest BCUT2D eigenvalue weighted by molar-refractivity contribution is 0.353. The van der Waals surface area contributed by atoms with Gasteiger partial charge in [0, 0.05) is 11.8 Å². The molecule has 0 bridgehead atoms. The Labute approximate surface area is 147 Å². The Hall–Kier alpha value is -2.33. The zero-order valence-electron chi connectivity index (χ0n) is 14.4. The Kier molecular flexibility index (Phi) is 4.86. The highest BCUT2D eigenvalue weighted by molar-refractivity contribution is 7.10. The zero-order valence-corrected chi connectivity index (χ0v) is 15.2. The van der Waals surface area contributed by atoms with Gasteiger partial charge in [0.05, 0.1) is 19.1 Å². The molecule has 0 aliphatic rings. The summed E-state index contributed by atoms with van der Waals surface area (Å²) in [6.07, 6.45) is 2.98. The lowest BCUT2D eigenvalue weighted by atomic mass is 10.00. The summed E-state index contributed by atoms with van der Waals surface area (Å²) in [6.45, 7) is 4.20. The van der Waals surface area contributed by atoms with Crippen molar-refractivity contribution in [1.82, 2.24) is 4.37 Å². The fraction of sp³-hybridized carbons (Fsp3) is 0.250. The number of rotatable bonds is 5.